The van der Waals surface area contributed by atoms with Gasteiger partial charge in [0.1, 0.15) is 23.1 Å². The van der Waals surface area contributed by atoms with Crippen LogP contribution >= 0.6 is 0 Å². The second-order valence-electron chi connectivity index (χ2n) is 5.49. The quantitative estimate of drug-likeness (QED) is 0.316. The number of methoxy groups -OCH3 is 1. The van der Waals surface area contributed by atoms with E-state index in [1.807, 2.05) is 31.2 Å². The summed E-state index contributed by atoms with van der Waals surface area (Å²) in [6, 6.07) is 15.5. The zero-order chi connectivity index (χ0) is 20.4. The summed E-state index contributed by atoms with van der Waals surface area (Å²) in [7, 11) is 1.20. The molecule has 0 aliphatic heterocycles. The molecule has 0 aliphatic carbocycles. The van der Waals surface area contributed by atoms with Crippen LogP contribution in [0.15, 0.2) is 60.2 Å². The zero-order valence-corrected chi connectivity index (χ0v) is 15.5. The first-order valence-electron chi connectivity index (χ1n) is 8.48. The summed E-state index contributed by atoms with van der Waals surface area (Å²) in [6.45, 7) is 2.50. The van der Waals surface area contributed by atoms with E-state index in [9.17, 15) is 9.59 Å². The second kappa shape index (κ2) is 10.3. The smallest absolute Gasteiger partial charge is 0.348 e. The molecule has 0 aromatic heterocycles. The number of ether oxygens (including phenoxy) is 3. The molecule has 0 N–H and O–H groups in total. The summed E-state index contributed by atoms with van der Waals surface area (Å²) in [5.41, 5.74) is 1.21. The molecule has 0 saturated carbocycles. The van der Waals surface area contributed by atoms with Crippen molar-refractivity contribution in [1.29, 1.82) is 5.26 Å². The van der Waals surface area contributed by atoms with E-state index in [0.717, 1.165) is 11.3 Å². The fraction of sp³-hybridized carbons (Fsp3) is 0.136. The number of esters is 2. The summed E-state index contributed by atoms with van der Waals surface area (Å²) < 4.78 is 15.2. The lowest BCUT2D eigenvalue weighted by atomic mass is 10.1. The first kappa shape index (κ1) is 20.5. The van der Waals surface area contributed by atoms with E-state index in [0.29, 0.717) is 12.2 Å². The third-order valence-corrected chi connectivity index (χ3v) is 3.52. The maximum atomic E-state index is 12.0. The van der Waals surface area contributed by atoms with Crippen LogP contribution in [0.25, 0.3) is 12.2 Å². The van der Waals surface area contributed by atoms with E-state index in [1.165, 1.54) is 19.3 Å². The van der Waals surface area contributed by atoms with Gasteiger partial charge in [-0.15, -0.1) is 0 Å². The molecule has 6 heteroatoms. The monoisotopic (exact) mass is 377 g/mol. The summed E-state index contributed by atoms with van der Waals surface area (Å²) in [5, 5.41) is 9.01. The van der Waals surface area contributed by atoms with Gasteiger partial charge in [-0.1, -0.05) is 24.3 Å². The van der Waals surface area contributed by atoms with Gasteiger partial charge in [0, 0.05) is 6.08 Å². The van der Waals surface area contributed by atoms with Gasteiger partial charge < -0.3 is 14.2 Å². The van der Waals surface area contributed by atoms with Crippen molar-refractivity contribution < 1.29 is 23.8 Å². The van der Waals surface area contributed by atoms with E-state index in [4.69, 9.17) is 14.7 Å². The van der Waals surface area contributed by atoms with Gasteiger partial charge in [0.05, 0.1) is 13.7 Å². The first-order chi connectivity index (χ1) is 13.5. The third kappa shape index (κ3) is 6.15. The Hall–Kier alpha value is -3.85. The van der Waals surface area contributed by atoms with E-state index in [2.05, 4.69) is 4.74 Å². The molecule has 0 atom stereocenters. The average molecular weight is 377 g/mol. The summed E-state index contributed by atoms with van der Waals surface area (Å²) >= 11 is 0. The molecule has 2 aromatic carbocycles. The van der Waals surface area contributed by atoms with Gasteiger partial charge in [-0.05, 0) is 54.5 Å². The number of hydrogen-bond acceptors (Lipinski definition) is 6. The molecule has 6 nitrogen and oxygen atoms in total. The van der Waals surface area contributed by atoms with Crippen molar-refractivity contribution in [1.82, 2.24) is 0 Å². The number of carbonyl (C=O) groups excluding carboxylic acids is 2. The van der Waals surface area contributed by atoms with E-state index in [1.54, 1.807) is 36.4 Å². The Labute approximate surface area is 163 Å². The van der Waals surface area contributed by atoms with Gasteiger partial charge in [-0.2, -0.15) is 5.26 Å². The number of benzene rings is 2. The summed E-state index contributed by atoms with van der Waals surface area (Å²) in [5.74, 6) is -0.236. The highest BCUT2D eigenvalue weighted by atomic mass is 16.5. The highest BCUT2D eigenvalue weighted by Gasteiger charge is 2.09. The zero-order valence-electron chi connectivity index (χ0n) is 15.5. The Bertz CT molecular complexity index is 936. The lowest BCUT2D eigenvalue weighted by molar-refractivity contribution is -0.135. The minimum atomic E-state index is -0.733. The van der Waals surface area contributed by atoms with Crippen LogP contribution in [0.5, 0.6) is 11.5 Å². The fourth-order valence-electron chi connectivity index (χ4n) is 2.24. The molecule has 2 aromatic rings. The summed E-state index contributed by atoms with van der Waals surface area (Å²) in [4.78, 5) is 23.5. The van der Waals surface area contributed by atoms with Crippen molar-refractivity contribution in [3.63, 3.8) is 0 Å². The molecule has 28 heavy (non-hydrogen) atoms. The highest BCUT2D eigenvalue weighted by molar-refractivity contribution is 5.97. The van der Waals surface area contributed by atoms with Crippen molar-refractivity contribution >= 4 is 24.1 Å². The molecule has 0 saturated heterocycles. The molecule has 0 bridgehead atoms. The number of rotatable bonds is 7. The van der Waals surface area contributed by atoms with Crippen LogP contribution in [0.2, 0.25) is 0 Å². The van der Waals surface area contributed by atoms with Gasteiger partial charge in [-0.25, -0.2) is 9.59 Å². The second-order valence-corrected chi connectivity index (χ2v) is 5.49. The molecule has 0 radical (unpaired) electrons. The molecule has 0 aliphatic rings. The van der Waals surface area contributed by atoms with Crippen LogP contribution in [0, 0.1) is 11.3 Å². The predicted molar refractivity (Wildman–Crippen MR) is 104 cm³/mol. The number of nitrogens with zero attached hydrogens (tertiary/aromatic N) is 1. The van der Waals surface area contributed by atoms with Crippen molar-refractivity contribution in [2.45, 2.75) is 6.92 Å². The van der Waals surface area contributed by atoms with Gasteiger partial charge in [0.25, 0.3) is 0 Å². The molecule has 0 spiro atoms. The molecule has 0 heterocycles. The lowest BCUT2D eigenvalue weighted by Crippen LogP contribution is -2.04. The fourth-order valence-corrected chi connectivity index (χ4v) is 2.24. The van der Waals surface area contributed by atoms with Crippen molar-refractivity contribution in [3.05, 3.63) is 71.3 Å². The van der Waals surface area contributed by atoms with Gasteiger partial charge in [0.15, 0.2) is 0 Å². The summed E-state index contributed by atoms with van der Waals surface area (Å²) in [6.07, 6.45) is 4.30. The third-order valence-electron chi connectivity index (χ3n) is 3.52. The molecule has 0 fully saturated rings. The van der Waals surface area contributed by atoms with Crippen LogP contribution < -0.4 is 9.47 Å². The molecule has 142 valence electrons. The Morgan fingerprint density at radius 3 is 2.46 bits per heavy atom. The minimum absolute atomic E-state index is 0.152. The van der Waals surface area contributed by atoms with E-state index < -0.39 is 11.9 Å². The van der Waals surface area contributed by atoms with E-state index in [-0.39, 0.29) is 11.3 Å². The molecule has 0 unspecified atom stereocenters. The van der Waals surface area contributed by atoms with Crippen LogP contribution in [0.1, 0.15) is 18.1 Å². The lowest BCUT2D eigenvalue weighted by Gasteiger charge is -2.04. The highest BCUT2D eigenvalue weighted by Crippen LogP contribution is 2.17. The van der Waals surface area contributed by atoms with Crippen LogP contribution in [0.3, 0.4) is 0 Å². The number of nitriles is 1. The Kier molecular flexibility index (Phi) is 7.55. The first-order valence-corrected chi connectivity index (χ1v) is 8.48. The molecular weight excluding hydrogens is 358 g/mol. The van der Waals surface area contributed by atoms with Gasteiger partial charge in [-0.3, -0.25) is 0 Å². The molecular formula is C22H19NO5. The van der Waals surface area contributed by atoms with E-state index >= 15 is 0 Å². The van der Waals surface area contributed by atoms with Crippen molar-refractivity contribution in [2.24, 2.45) is 0 Å². The van der Waals surface area contributed by atoms with Gasteiger partial charge in [0.2, 0.25) is 0 Å². The molecule has 2 rings (SSSR count). The van der Waals surface area contributed by atoms with Crippen LogP contribution in [-0.4, -0.2) is 25.7 Å². The van der Waals surface area contributed by atoms with Crippen molar-refractivity contribution in [3.8, 4) is 17.6 Å². The van der Waals surface area contributed by atoms with Crippen LogP contribution in [-0.2, 0) is 14.3 Å². The minimum Gasteiger partial charge on any atom is -0.494 e. The Morgan fingerprint density at radius 1 is 1.07 bits per heavy atom. The Balaban J connectivity index is 2.05. The topological polar surface area (TPSA) is 85.6 Å². The van der Waals surface area contributed by atoms with Crippen molar-refractivity contribution in [2.75, 3.05) is 13.7 Å². The van der Waals surface area contributed by atoms with Crippen LogP contribution in [0.4, 0.5) is 0 Å². The SMILES string of the molecule is CCOc1ccc(/C=C/C(=O)Oc2cccc(/C=C(\C#N)C(=O)OC)c2)cc1. The predicted octanol–water partition coefficient (Wildman–Crippen LogP) is 3.78. The number of hydrogen-bond donors (Lipinski definition) is 0. The number of carbonyl (C=O) groups is 2. The average Bonchev–Trinajstić information content (AvgIpc) is 2.71. The Morgan fingerprint density at radius 2 is 1.82 bits per heavy atom. The largest absolute Gasteiger partial charge is 0.494 e. The maximum Gasteiger partial charge on any atom is 0.348 e. The van der Waals surface area contributed by atoms with Gasteiger partial charge >= 0.3 is 11.9 Å². The molecule has 0 amide bonds. The maximum absolute atomic E-state index is 12.0. The normalized spacial score (nSPS) is 11.0. The standard InChI is InChI=1S/C22H19NO5/c1-3-27-19-10-7-16(8-11-19)9-12-21(24)28-20-6-4-5-17(14-20)13-18(15-23)22(25)26-2/h4-14H,3H2,1-2H3/b12-9+,18-13+.